The van der Waals surface area contributed by atoms with E-state index >= 15 is 0 Å². The van der Waals surface area contributed by atoms with Crippen molar-refractivity contribution in [2.24, 2.45) is 0 Å². The Labute approximate surface area is 405 Å². The molecule has 68 heavy (non-hydrogen) atoms. The number of hydrogen-bond acceptors (Lipinski definition) is 2. The van der Waals surface area contributed by atoms with E-state index in [-0.39, 0.29) is 6.71 Å². The van der Waals surface area contributed by atoms with Crippen LogP contribution in [0, 0.1) is 0 Å². The number of hydrogen-bond donors (Lipinski definition) is 0. The average molecular weight is 911 g/mol. The van der Waals surface area contributed by atoms with Crippen molar-refractivity contribution in [3.63, 3.8) is 0 Å². The number of aromatic nitrogens is 2. The molecule has 0 radical (unpaired) electrons. The van der Waals surface area contributed by atoms with Crippen LogP contribution in [0.5, 0.6) is 0 Å². The molecule has 13 rings (SSSR count). The zero-order chi connectivity index (χ0) is 45.9. The van der Waals surface area contributed by atoms with Gasteiger partial charge in [-0.2, -0.15) is 0 Å². The Kier molecular flexibility index (Phi) is 9.62. The first-order valence-corrected chi connectivity index (χ1v) is 25.9. The lowest BCUT2D eigenvalue weighted by molar-refractivity contribution is 0.812. The molecule has 0 amide bonds. The Morgan fingerprint density at radius 3 is 1.16 bits per heavy atom. The number of thiophene rings is 2. The van der Waals surface area contributed by atoms with Gasteiger partial charge in [-0.1, -0.05) is 191 Å². The Morgan fingerprint density at radius 1 is 0.368 bits per heavy atom. The molecule has 0 atom stereocenters. The summed E-state index contributed by atoms with van der Waals surface area (Å²) in [5.41, 5.74) is 15.8. The molecule has 2 nitrogen and oxygen atoms in total. The monoisotopic (exact) mass is 910 g/mol. The summed E-state index contributed by atoms with van der Waals surface area (Å²) in [6.45, 7) is 14.2. The molecule has 0 saturated heterocycles. The van der Waals surface area contributed by atoms with Crippen LogP contribution in [-0.2, 0) is 0 Å². The second-order valence-electron chi connectivity index (χ2n) is 19.8. The minimum absolute atomic E-state index is 0.0222. The highest BCUT2D eigenvalue weighted by Crippen LogP contribution is 2.44. The van der Waals surface area contributed by atoms with Crippen LogP contribution in [0.15, 0.2) is 182 Å². The third-order valence-electron chi connectivity index (χ3n) is 14.8. The Hall–Kier alpha value is -6.92. The maximum Gasteiger partial charge on any atom is 0.241 e. The van der Waals surface area contributed by atoms with Crippen molar-refractivity contribution in [3.8, 4) is 11.4 Å². The first-order valence-electron chi connectivity index (χ1n) is 24.3. The van der Waals surface area contributed by atoms with Gasteiger partial charge >= 0.3 is 0 Å². The topological polar surface area (TPSA) is 9.86 Å². The van der Waals surface area contributed by atoms with Crippen molar-refractivity contribution < 1.29 is 0 Å². The van der Waals surface area contributed by atoms with Crippen molar-refractivity contribution in [2.75, 3.05) is 0 Å². The maximum absolute atomic E-state index is 2.52. The SMILES string of the molecule is CC(C)c1cc(C(C)C)c(B(c2ccc(-n3c4ccccc4c4ccc5c6ccccc6sc5c43)cc2)c2ccc(-n3c4ccccc4c4ccc5c6ccccc6sc5c43)cc2)c(C(C)C)c1. The van der Waals surface area contributed by atoms with Gasteiger partial charge in [0.25, 0.3) is 0 Å². The molecule has 0 N–H and O–H groups in total. The standard InChI is InChI=1S/C63H51BN2S2/c1-37(2)40-35-53(38(3)4)59(54(36-40)39(5)6)64(41-23-27-43(28-24-41)65-55-19-11-7-15-45(55)49-31-33-51-47-17-9-13-21-57(47)67-62(51)60(49)65)42-25-29-44(30-26-42)66-56-20-12-8-16-46(56)50-32-34-52-48-18-10-14-22-58(48)68-63(52)61(50)66/h7-39H,1-6H3. The van der Waals surface area contributed by atoms with Crippen LogP contribution in [0.2, 0.25) is 0 Å². The van der Waals surface area contributed by atoms with Gasteiger partial charge in [-0.25, -0.2) is 0 Å². The number of nitrogens with zero attached hydrogens (tertiary/aromatic N) is 2. The molecule has 0 unspecified atom stereocenters. The van der Waals surface area contributed by atoms with Crippen LogP contribution in [0.4, 0.5) is 0 Å². The second kappa shape index (κ2) is 15.8. The van der Waals surface area contributed by atoms with E-state index < -0.39 is 0 Å². The fraction of sp³-hybridized carbons (Fsp3) is 0.143. The molecule has 0 aliphatic carbocycles. The molecule has 0 bridgehead atoms. The Balaban J connectivity index is 1.02. The van der Waals surface area contributed by atoms with Gasteiger partial charge in [-0.3, -0.25) is 0 Å². The summed E-state index contributed by atoms with van der Waals surface area (Å²) in [4.78, 5) is 0. The average Bonchev–Trinajstić information content (AvgIpc) is 4.12. The summed E-state index contributed by atoms with van der Waals surface area (Å²) >= 11 is 3.82. The van der Waals surface area contributed by atoms with Gasteiger partial charge in [0.1, 0.15) is 0 Å². The molecule has 4 heterocycles. The van der Waals surface area contributed by atoms with Crippen LogP contribution in [0.3, 0.4) is 0 Å². The lowest BCUT2D eigenvalue weighted by Crippen LogP contribution is -2.55. The third kappa shape index (κ3) is 6.22. The zero-order valence-corrected chi connectivity index (χ0v) is 41.0. The van der Waals surface area contributed by atoms with Crippen molar-refractivity contribution in [2.45, 2.75) is 59.3 Å². The van der Waals surface area contributed by atoms with Crippen LogP contribution in [-0.4, -0.2) is 15.8 Å². The zero-order valence-electron chi connectivity index (χ0n) is 39.3. The molecule has 0 spiro atoms. The quantitative estimate of drug-likeness (QED) is 0.134. The summed E-state index contributed by atoms with van der Waals surface area (Å²) in [5, 5.41) is 10.5. The fourth-order valence-electron chi connectivity index (χ4n) is 11.5. The van der Waals surface area contributed by atoms with E-state index in [2.05, 4.69) is 233 Å². The minimum atomic E-state index is 0.0222. The van der Waals surface area contributed by atoms with E-state index in [9.17, 15) is 0 Å². The predicted octanol–water partition coefficient (Wildman–Crippen LogP) is 16.5. The van der Waals surface area contributed by atoms with Gasteiger partial charge in [0.15, 0.2) is 0 Å². The summed E-state index contributed by atoms with van der Waals surface area (Å²) in [5.74, 6) is 1.14. The molecule has 0 saturated carbocycles. The molecule has 0 fully saturated rings. The number of fused-ring (bicyclic) bond motifs is 14. The molecular weight excluding hydrogens is 860 g/mol. The molecule has 0 aliphatic rings. The number of para-hydroxylation sites is 2. The Bertz CT molecular complexity index is 3860. The molecule has 13 aromatic rings. The maximum atomic E-state index is 2.52. The van der Waals surface area contributed by atoms with Crippen molar-refractivity contribution in [3.05, 3.63) is 199 Å². The van der Waals surface area contributed by atoms with Gasteiger partial charge in [-0.05, 0) is 83.0 Å². The minimum Gasteiger partial charge on any atom is -0.308 e. The van der Waals surface area contributed by atoms with Gasteiger partial charge in [-0.15, -0.1) is 22.7 Å². The van der Waals surface area contributed by atoms with E-state index in [1.54, 1.807) is 0 Å². The lowest BCUT2D eigenvalue weighted by atomic mass is 9.34. The summed E-state index contributed by atoms with van der Waals surface area (Å²) in [6, 6.07) is 69.2. The largest absolute Gasteiger partial charge is 0.308 e. The van der Waals surface area contributed by atoms with Gasteiger partial charge in [0.05, 0.1) is 31.5 Å². The lowest BCUT2D eigenvalue weighted by Gasteiger charge is -2.28. The van der Waals surface area contributed by atoms with Crippen LogP contribution >= 0.6 is 22.7 Å². The first kappa shape index (κ1) is 41.3. The molecule has 5 heteroatoms. The highest BCUT2D eigenvalue weighted by molar-refractivity contribution is 7.27. The van der Waals surface area contributed by atoms with Gasteiger partial charge in [0.2, 0.25) is 6.71 Å². The molecule has 4 aromatic heterocycles. The van der Waals surface area contributed by atoms with Gasteiger partial charge in [0, 0.05) is 63.9 Å². The number of benzene rings is 9. The predicted molar refractivity (Wildman–Crippen MR) is 301 cm³/mol. The van der Waals surface area contributed by atoms with E-state index in [0.29, 0.717) is 17.8 Å². The second-order valence-corrected chi connectivity index (χ2v) is 21.9. The van der Waals surface area contributed by atoms with E-state index in [0.717, 1.165) is 0 Å². The van der Waals surface area contributed by atoms with Crippen LogP contribution < -0.4 is 16.4 Å². The summed E-state index contributed by atoms with van der Waals surface area (Å²) in [7, 11) is 0. The summed E-state index contributed by atoms with van der Waals surface area (Å²) < 4.78 is 10.4. The highest BCUT2D eigenvalue weighted by Gasteiger charge is 2.31. The normalized spacial score (nSPS) is 12.4. The fourth-order valence-corrected chi connectivity index (χ4v) is 14.0. The van der Waals surface area contributed by atoms with Crippen LogP contribution in [0.25, 0.3) is 95.3 Å². The Morgan fingerprint density at radius 2 is 0.750 bits per heavy atom. The van der Waals surface area contributed by atoms with Gasteiger partial charge < -0.3 is 9.13 Å². The van der Waals surface area contributed by atoms with Crippen molar-refractivity contribution >= 4 is 130 Å². The first-order chi connectivity index (χ1) is 33.2. The van der Waals surface area contributed by atoms with Crippen molar-refractivity contribution in [1.82, 2.24) is 9.13 Å². The highest BCUT2D eigenvalue weighted by atomic mass is 32.1. The van der Waals surface area contributed by atoms with E-state index in [4.69, 9.17) is 0 Å². The molecular formula is C63H51BN2S2. The molecule has 9 aromatic carbocycles. The van der Waals surface area contributed by atoms with E-state index in [1.807, 2.05) is 22.7 Å². The third-order valence-corrected chi connectivity index (χ3v) is 17.2. The molecule has 328 valence electrons. The summed E-state index contributed by atoms with van der Waals surface area (Å²) in [6.07, 6.45) is 0. The van der Waals surface area contributed by atoms with Crippen LogP contribution in [0.1, 0.15) is 76.0 Å². The smallest absolute Gasteiger partial charge is 0.241 e. The molecule has 0 aliphatic heterocycles. The number of rotatable bonds is 8. The van der Waals surface area contributed by atoms with E-state index in [1.165, 1.54) is 128 Å². The van der Waals surface area contributed by atoms with Crippen molar-refractivity contribution in [1.29, 1.82) is 0 Å².